The Morgan fingerprint density at radius 2 is 1.86 bits per heavy atom. The summed E-state index contributed by atoms with van der Waals surface area (Å²) in [6.07, 6.45) is 0.677. The molecule has 0 bridgehead atoms. The minimum atomic E-state index is -0.714. The first-order valence-corrected chi connectivity index (χ1v) is 9.36. The maximum Gasteiger partial charge on any atom is 0.312 e. The van der Waals surface area contributed by atoms with Gasteiger partial charge in [-0.2, -0.15) is 0 Å². The molecule has 3 amide bonds. The van der Waals surface area contributed by atoms with Gasteiger partial charge in [-0.3, -0.25) is 4.79 Å². The smallest absolute Gasteiger partial charge is 0.312 e. The van der Waals surface area contributed by atoms with Gasteiger partial charge in [-0.1, -0.05) is 35.9 Å². The van der Waals surface area contributed by atoms with Crippen molar-refractivity contribution in [2.45, 2.75) is 18.9 Å². The van der Waals surface area contributed by atoms with Crippen molar-refractivity contribution < 1.29 is 19.1 Å². The maximum atomic E-state index is 12.4. The number of carbonyl (C=O) groups excluding carboxylic acids is 2. The maximum absolute atomic E-state index is 12.4. The van der Waals surface area contributed by atoms with E-state index in [2.05, 4.69) is 10.6 Å². The van der Waals surface area contributed by atoms with Gasteiger partial charge in [0.05, 0.1) is 12.5 Å². The van der Waals surface area contributed by atoms with Crippen molar-refractivity contribution in [3.63, 3.8) is 0 Å². The molecular formula is C20H22ClN3O4. The van der Waals surface area contributed by atoms with Crippen molar-refractivity contribution in [1.29, 1.82) is 0 Å². The molecule has 4 N–H and O–H groups in total. The van der Waals surface area contributed by atoms with Gasteiger partial charge in [-0.25, -0.2) is 4.79 Å². The lowest BCUT2D eigenvalue weighted by Gasteiger charge is -2.19. The second kappa shape index (κ2) is 9.32. The molecule has 0 spiro atoms. The molecule has 0 saturated carbocycles. The lowest BCUT2D eigenvalue weighted by Crippen LogP contribution is -2.37. The van der Waals surface area contributed by atoms with E-state index >= 15 is 0 Å². The highest BCUT2D eigenvalue weighted by Crippen LogP contribution is 2.30. The number of urea groups is 1. The van der Waals surface area contributed by atoms with Crippen LogP contribution >= 0.6 is 11.6 Å². The normalized spacial score (nSPS) is 13.5. The molecule has 0 saturated heterocycles. The molecule has 1 atom stereocenters. The third kappa shape index (κ3) is 5.29. The second-order valence-electron chi connectivity index (χ2n) is 6.36. The number of rotatable bonds is 7. The minimum absolute atomic E-state index is 0.0355. The summed E-state index contributed by atoms with van der Waals surface area (Å²) in [7, 11) is 0. The first-order valence-electron chi connectivity index (χ1n) is 8.98. The summed E-state index contributed by atoms with van der Waals surface area (Å²) in [6, 6.07) is 11.4. The van der Waals surface area contributed by atoms with Gasteiger partial charge in [0.15, 0.2) is 11.5 Å². The molecule has 0 fully saturated rings. The Morgan fingerprint density at radius 3 is 2.61 bits per heavy atom. The molecule has 0 aromatic heterocycles. The van der Waals surface area contributed by atoms with Crippen molar-refractivity contribution in [2.24, 2.45) is 5.73 Å². The van der Waals surface area contributed by atoms with Gasteiger partial charge in [0.25, 0.3) is 0 Å². The molecule has 1 aliphatic rings. The minimum Gasteiger partial charge on any atom is -0.486 e. The first kappa shape index (κ1) is 19.8. The number of halogens is 1. The fourth-order valence-electron chi connectivity index (χ4n) is 3.02. The molecule has 0 radical (unpaired) electrons. The van der Waals surface area contributed by atoms with E-state index in [0.29, 0.717) is 36.8 Å². The monoisotopic (exact) mass is 403 g/mol. The fourth-order valence-corrected chi connectivity index (χ4v) is 3.28. The lowest BCUT2D eigenvalue weighted by atomic mass is 10.0. The number of ether oxygens (including phenoxy) is 2. The Kier molecular flexibility index (Phi) is 6.60. The molecule has 7 nitrogen and oxygen atoms in total. The summed E-state index contributed by atoms with van der Waals surface area (Å²) < 4.78 is 11.1. The molecule has 1 aliphatic heterocycles. The summed E-state index contributed by atoms with van der Waals surface area (Å²) in [5.74, 6) is 1.25. The predicted octanol–water partition coefficient (Wildman–Crippen LogP) is 2.57. The number of amides is 3. The van der Waals surface area contributed by atoms with Crippen molar-refractivity contribution in [3.8, 4) is 11.5 Å². The van der Waals surface area contributed by atoms with Gasteiger partial charge in [0.2, 0.25) is 5.91 Å². The number of nitrogens with two attached hydrogens (primary N) is 1. The molecule has 1 heterocycles. The van der Waals surface area contributed by atoms with Gasteiger partial charge in [0, 0.05) is 11.6 Å². The summed E-state index contributed by atoms with van der Waals surface area (Å²) in [5, 5.41) is 5.89. The first-order chi connectivity index (χ1) is 13.5. The van der Waals surface area contributed by atoms with Crippen molar-refractivity contribution in [1.82, 2.24) is 10.6 Å². The lowest BCUT2D eigenvalue weighted by molar-refractivity contribution is -0.121. The van der Waals surface area contributed by atoms with Gasteiger partial charge in [0.1, 0.15) is 13.2 Å². The van der Waals surface area contributed by atoms with Crippen LogP contribution in [0.3, 0.4) is 0 Å². The van der Waals surface area contributed by atoms with Crippen molar-refractivity contribution >= 4 is 23.5 Å². The van der Waals surface area contributed by atoms with E-state index in [1.54, 1.807) is 24.3 Å². The van der Waals surface area contributed by atoms with Crippen LogP contribution in [0, 0.1) is 0 Å². The molecular weight excluding hydrogens is 382 g/mol. The van der Waals surface area contributed by atoms with Crippen molar-refractivity contribution in [2.75, 3.05) is 19.8 Å². The molecule has 2 aromatic carbocycles. The van der Waals surface area contributed by atoms with Crippen LogP contribution in [0.5, 0.6) is 11.5 Å². The zero-order chi connectivity index (χ0) is 19.9. The number of carbonyl (C=O) groups is 2. The third-order valence-corrected chi connectivity index (χ3v) is 4.67. The Morgan fingerprint density at radius 1 is 1.11 bits per heavy atom. The molecule has 28 heavy (non-hydrogen) atoms. The average molecular weight is 404 g/mol. The SMILES string of the molecule is NC(=O)NC(CC(=O)NCCc1ccc2c(c1)OCCO2)c1ccccc1Cl. The molecule has 148 valence electrons. The summed E-state index contributed by atoms with van der Waals surface area (Å²) in [5.41, 5.74) is 6.91. The Bertz CT molecular complexity index is 859. The van der Waals surface area contributed by atoms with Crippen molar-refractivity contribution in [3.05, 3.63) is 58.6 Å². The van der Waals surface area contributed by atoms with Crippen LogP contribution in [0.25, 0.3) is 0 Å². The molecule has 1 unspecified atom stereocenters. The number of benzene rings is 2. The van der Waals surface area contributed by atoms with Gasteiger partial charge in [-0.15, -0.1) is 0 Å². The van der Waals surface area contributed by atoms with Crippen LogP contribution in [0.15, 0.2) is 42.5 Å². The highest BCUT2D eigenvalue weighted by Gasteiger charge is 2.19. The van der Waals surface area contributed by atoms with E-state index in [1.807, 2.05) is 18.2 Å². The zero-order valence-corrected chi connectivity index (χ0v) is 16.0. The van der Waals surface area contributed by atoms with Gasteiger partial charge < -0.3 is 25.8 Å². The largest absolute Gasteiger partial charge is 0.486 e. The number of nitrogens with one attached hydrogen (secondary N) is 2. The molecule has 3 rings (SSSR count). The average Bonchev–Trinajstić information content (AvgIpc) is 2.67. The van der Waals surface area contributed by atoms with Gasteiger partial charge in [-0.05, 0) is 35.7 Å². The van der Waals surface area contributed by atoms with E-state index in [9.17, 15) is 9.59 Å². The van der Waals surface area contributed by atoms with Crippen LogP contribution in [0.1, 0.15) is 23.6 Å². The summed E-state index contributed by atoms with van der Waals surface area (Å²) >= 11 is 6.18. The number of fused-ring (bicyclic) bond motifs is 1. The molecule has 2 aromatic rings. The second-order valence-corrected chi connectivity index (χ2v) is 6.77. The van der Waals surface area contributed by atoms with E-state index in [0.717, 1.165) is 17.1 Å². The van der Waals surface area contributed by atoms with Crippen LogP contribution < -0.4 is 25.8 Å². The Balaban J connectivity index is 1.55. The van der Waals surface area contributed by atoms with Crippen LogP contribution in [0.4, 0.5) is 4.79 Å². The molecule has 0 aliphatic carbocycles. The van der Waals surface area contributed by atoms with E-state index in [1.165, 1.54) is 0 Å². The predicted molar refractivity (Wildman–Crippen MR) is 106 cm³/mol. The highest BCUT2D eigenvalue weighted by atomic mass is 35.5. The zero-order valence-electron chi connectivity index (χ0n) is 15.2. The Labute approximate surface area is 168 Å². The number of hydrogen-bond acceptors (Lipinski definition) is 4. The van der Waals surface area contributed by atoms with E-state index in [4.69, 9.17) is 26.8 Å². The van der Waals surface area contributed by atoms with E-state index < -0.39 is 12.1 Å². The quantitative estimate of drug-likeness (QED) is 0.661. The standard InChI is InChI=1S/C20H22ClN3O4/c21-15-4-2-1-3-14(15)16(24-20(22)26)12-19(25)23-8-7-13-5-6-17-18(11-13)28-10-9-27-17/h1-6,11,16H,7-10,12H2,(H,23,25)(H3,22,24,26). The Hall–Kier alpha value is -2.93. The third-order valence-electron chi connectivity index (χ3n) is 4.33. The summed E-state index contributed by atoms with van der Waals surface area (Å²) in [4.78, 5) is 23.7. The fraction of sp³-hybridized carbons (Fsp3) is 0.300. The van der Waals surface area contributed by atoms with E-state index in [-0.39, 0.29) is 12.3 Å². The highest BCUT2D eigenvalue weighted by molar-refractivity contribution is 6.31. The summed E-state index contributed by atoms with van der Waals surface area (Å²) in [6.45, 7) is 1.53. The number of primary amides is 1. The topological polar surface area (TPSA) is 103 Å². The number of hydrogen-bond donors (Lipinski definition) is 3. The van der Waals surface area contributed by atoms with Crippen LogP contribution in [-0.2, 0) is 11.2 Å². The van der Waals surface area contributed by atoms with Crippen LogP contribution in [-0.4, -0.2) is 31.7 Å². The molecule has 8 heteroatoms. The van der Waals surface area contributed by atoms with Gasteiger partial charge >= 0.3 is 6.03 Å². The van der Waals surface area contributed by atoms with Crippen LogP contribution in [0.2, 0.25) is 5.02 Å².